The van der Waals surface area contributed by atoms with Crippen LogP contribution in [0.25, 0.3) is 11.3 Å². The van der Waals surface area contributed by atoms with Gasteiger partial charge in [0.2, 0.25) is 17.7 Å². The Kier molecular flexibility index (Phi) is 15.1. The maximum Gasteiger partial charge on any atom is 0.228 e. The predicted octanol–water partition coefficient (Wildman–Crippen LogP) is 7.81. The van der Waals surface area contributed by atoms with Gasteiger partial charge in [-0.25, -0.2) is 4.98 Å². The number of ether oxygens (including phenoxy) is 1. The zero-order chi connectivity index (χ0) is 46.5. The van der Waals surface area contributed by atoms with Gasteiger partial charge in [0.1, 0.15) is 17.3 Å². The Labute approximate surface area is 391 Å². The average Bonchev–Trinajstić information content (AvgIpc) is 3.88. The second-order valence-electron chi connectivity index (χ2n) is 17.8. The average molecular weight is 922 g/mol. The third-order valence-corrected chi connectivity index (χ3v) is 13.6. The van der Waals surface area contributed by atoms with Crippen molar-refractivity contribution in [3.8, 4) is 22.8 Å². The number of benzene rings is 4. The predicted molar refractivity (Wildman–Crippen MR) is 253 cm³/mol. The summed E-state index contributed by atoms with van der Waals surface area (Å²) in [5.41, 5.74) is 5.57. The van der Waals surface area contributed by atoms with Crippen LogP contribution in [0, 0.1) is 11.8 Å². The molecule has 0 saturated carbocycles. The molecule has 0 bridgehead atoms. The molecule has 342 valence electrons. The van der Waals surface area contributed by atoms with Gasteiger partial charge in [0.15, 0.2) is 5.78 Å². The quantitative estimate of drug-likeness (QED) is 0.142. The molecule has 1 aliphatic heterocycles. The Morgan fingerprint density at radius 1 is 0.846 bits per heavy atom. The third-order valence-electron chi connectivity index (χ3n) is 13.1. The van der Waals surface area contributed by atoms with Crippen LogP contribution in [0.5, 0.6) is 11.5 Å². The number of ketones is 1. The topological polar surface area (TPSA) is 129 Å². The minimum Gasteiger partial charge on any atom is -0.457 e. The smallest absolute Gasteiger partial charge is 0.228 e. The fourth-order valence-electron chi connectivity index (χ4n) is 9.25. The molecule has 7 rings (SSSR count). The number of hydrogen-bond acceptors (Lipinski definition) is 8. The number of fused-ring (bicyclic) bond motifs is 1. The van der Waals surface area contributed by atoms with Crippen LogP contribution < -0.4 is 4.74 Å². The lowest BCUT2D eigenvalue weighted by Gasteiger charge is -2.37. The number of aryl methyl sites for hydroxylation is 1. The second kappa shape index (κ2) is 20.8. The summed E-state index contributed by atoms with van der Waals surface area (Å²) in [4.78, 5) is 70.0. The number of aliphatic hydroxyl groups excluding tert-OH is 1. The first-order valence-corrected chi connectivity index (χ1v) is 22.9. The minimum atomic E-state index is -1.07. The molecule has 0 radical (unpaired) electrons. The molecule has 1 aliphatic carbocycles. The summed E-state index contributed by atoms with van der Waals surface area (Å²) in [5, 5.41) is 11.6. The first-order valence-electron chi connectivity index (χ1n) is 22.1. The summed E-state index contributed by atoms with van der Waals surface area (Å²) >= 11 is 12.8. The number of aliphatic hydroxyl groups is 1. The van der Waals surface area contributed by atoms with Gasteiger partial charge in [-0.15, -0.1) is 0 Å². The van der Waals surface area contributed by atoms with E-state index in [0.29, 0.717) is 46.5 Å². The summed E-state index contributed by atoms with van der Waals surface area (Å²) in [6.45, 7) is 1.86. The van der Waals surface area contributed by atoms with Crippen molar-refractivity contribution in [3.63, 3.8) is 0 Å². The van der Waals surface area contributed by atoms with Gasteiger partial charge in [-0.3, -0.25) is 19.2 Å². The molecule has 0 spiro atoms. The van der Waals surface area contributed by atoms with Gasteiger partial charge >= 0.3 is 0 Å². The number of nitrogens with zero attached hydrogens (tertiary/aromatic N) is 6. The van der Waals surface area contributed by atoms with Crippen molar-refractivity contribution in [3.05, 3.63) is 135 Å². The molecule has 4 aromatic carbocycles. The van der Waals surface area contributed by atoms with E-state index in [4.69, 9.17) is 27.9 Å². The van der Waals surface area contributed by atoms with Crippen LogP contribution >= 0.6 is 23.2 Å². The molecule has 65 heavy (non-hydrogen) atoms. The second-order valence-corrected chi connectivity index (χ2v) is 18.7. The zero-order valence-electron chi connectivity index (χ0n) is 37.9. The molecule has 14 heteroatoms. The highest BCUT2D eigenvalue weighted by molar-refractivity contribution is 6.31. The van der Waals surface area contributed by atoms with E-state index in [1.54, 1.807) is 61.2 Å². The van der Waals surface area contributed by atoms with Crippen LogP contribution in [0.4, 0.5) is 0 Å². The van der Waals surface area contributed by atoms with E-state index >= 15 is 4.79 Å². The maximum absolute atomic E-state index is 15.1. The van der Waals surface area contributed by atoms with Crippen molar-refractivity contribution in [2.24, 2.45) is 18.9 Å². The van der Waals surface area contributed by atoms with Crippen molar-refractivity contribution < 1.29 is 29.0 Å². The summed E-state index contributed by atoms with van der Waals surface area (Å²) in [6.07, 6.45) is 3.24. The molecule has 12 nitrogen and oxygen atoms in total. The van der Waals surface area contributed by atoms with Crippen LogP contribution in [0.15, 0.2) is 97.2 Å². The van der Waals surface area contributed by atoms with Crippen LogP contribution in [0.1, 0.15) is 60.2 Å². The molecule has 1 fully saturated rings. The highest BCUT2D eigenvalue weighted by Gasteiger charge is 2.41. The van der Waals surface area contributed by atoms with E-state index < -0.39 is 48.1 Å². The van der Waals surface area contributed by atoms with Crippen LogP contribution in [0.3, 0.4) is 0 Å². The van der Waals surface area contributed by atoms with Crippen LogP contribution in [-0.2, 0) is 52.2 Å². The number of rotatable bonds is 11. The normalized spacial score (nSPS) is 21.3. The molecule has 2 aliphatic rings. The largest absolute Gasteiger partial charge is 0.457 e. The number of aromatic nitrogens is 2. The molecular weight excluding hydrogens is 864 g/mol. The van der Waals surface area contributed by atoms with Crippen molar-refractivity contribution >= 4 is 46.7 Å². The fraction of sp³-hybridized carbons (Fsp3) is 0.392. The number of carbonyl (C=O) groups excluding carboxylic acids is 4. The number of Topliss-reactive ketones (excluding diaryl/α,β-unsaturated/α-hetero) is 1. The van der Waals surface area contributed by atoms with Gasteiger partial charge in [-0.2, -0.15) is 0 Å². The lowest BCUT2D eigenvalue weighted by Crippen LogP contribution is -2.52. The van der Waals surface area contributed by atoms with E-state index in [1.165, 1.54) is 4.90 Å². The summed E-state index contributed by atoms with van der Waals surface area (Å²) in [5.74, 6) is -1.68. The Balaban J connectivity index is 1.22. The fourth-order valence-corrected chi connectivity index (χ4v) is 9.54. The molecule has 3 amide bonds. The van der Waals surface area contributed by atoms with Gasteiger partial charge in [0.25, 0.3) is 0 Å². The maximum atomic E-state index is 15.1. The van der Waals surface area contributed by atoms with E-state index in [9.17, 15) is 19.5 Å². The molecule has 0 unspecified atom stereocenters. The number of amides is 3. The van der Waals surface area contributed by atoms with E-state index in [2.05, 4.69) is 20.5 Å². The molecule has 5 aromatic rings. The third kappa shape index (κ3) is 11.0. The van der Waals surface area contributed by atoms with E-state index in [-0.39, 0.29) is 37.8 Å². The number of imidazole rings is 1. The SMILES string of the molecule is C[C@H]1C(=O)C[C@@H](CO)C(=O)N(C)[C@H](Cc2ccc(Cl)cc2)CN(C)C(=O)[C@H]([C@H]2CCc3ccccc32)CC(=O)N1Cc1ccc(Cl)cc1Oc1ccc(-c2cnc(CN(C)C)n2C)cc1. The molecule has 2 heterocycles. The zero-order valence-corrected chi connectivity index (χ0v) is 39.4. The van der Waals surface area contributed by atoms with Crippen LogP contribution in [-0.4, -0.2) is 111 Å². The van der Waals surface area contributed by atoms with Crippen molar-refractivity contribution in [1.29, 1.82) is 0 Å². The Bertz CT molecular complexity index is 2510. The van der Waals surface area contributed by atoms with Gasteiger partial charge in [-0.05, 0) is 111 Å². The first kappa shape index (κ1) is 47.4. The monoisotopic (exact) mass is 920 g/mol. The minimum absolute atomic E-state index is 0.0567. The van der Waals surface area contributed by atoms with Crippen molar-refractivity contribution in [2.75, 3.05) is 41.3 Å². The highest BCUT2D eigenvalue weighted by atomic mass is 35.5. The molecule has 1 saturated heterocycles. The number of likely N-dealkylation sites (N-methyl/N-ethyl adjacent to an activating group) is 2. The molecule has 5 atom stereocenters. The molecule has 1 aromatic heterocycles. The van der Waals surface area contributed by atoms with Gasteiger partial charge in [0.05, 0.1) is 55.5 Å². The Morgan fingerprint density at radius 2 is 1.55 bits per heavy atom. The van der Waals surface area contributed by atoms with Crippen LogP contribution in [0.2, 0.25) is 10.0 Å². The first-order chi connectivity index (χ1) is 31.1. The molecule has 1 N–H and O–H groups in total. The number of hydrogen-bond donors (Lipinski definition) is 1. The van der Waals surface area contributed by atoms with Gasteiger partial charge < -0.3 is 34.0 Å². The van der Waals surface area contributed by atoms with E-state index in [1.807, 2.05) is 81.9 Å². The van der Waals surface area contributed by atoms with E-state index in [0.717, 1.165) is 40.2 Å². The summed E-state index contributed by atoms with van der Waals surface area (Å²) in [6, 6.07) is 26.6. The number of carbonyl (C=O) groups is 4. The highest BCUT2D eigenvalue weighted by Crippen LogP contribution is 2.41. The summed E-state index contributed by atoms with van der Waals surface area (Å²) in [7, 11) is 9.36. The summed E-state index contributed by atoms with van der Waals surface area (Å²) < 4.78 is 8.54. The Morgan fingerprint density at radius 3 is 2.26 bits per heavy atom. The van der Waals surface area contributed by atoms with Crippen molar-refractivity contribution in [2.45, 2.75) is 70.1 Å². The lowest BCUT2D eigenvalue weighted by molar-refractivity contribution is -0.148. The lowest BCUT2D eigenvalue weighted by atomic mass is 9.83. The van der Waals surface area contributed by atoms with Gasteiger partial charge in [0, 0.05) is 61.7 Å². The van der Waals surface area contributed by atoms with Gasteiger partial charge in [-0.1, -0.05) is 65.7 Å². The van der Waals surface area contributed by atoms with Crippen molar-refractivity contribution in [1.82, 2.24) is 29.2 Å². The Hall–Kier alpha value is -5.53. The molecular formula is C51H58Cl2N6O6. The standard InChI is InChI=1S/C51H58Cl2N6O6/c1-32-46(61)24-37(31-60)50(63)57(5)40(23-33-11-17-38(52)18-12-33)29-56(4)51(64)44(43-22-16-34-9-7-8-10-42(34)43)26-49(62)59(32)28-36-13-19-39(53)25-47(36)65-41-20-14-35(15-21-41)45-27-54-48(58(45)6)30-55(2)3/h7-15,17-21,25,27,32,37,40,43-44,60H,16,22-24,26,28-31H2,1-6H3/t32-,37-,40+,43-,44-/m0/s1. The number of halogens is 2.